The summed E-state index contributed by atoms with van der Waals surface area (Å²) in [5.41, 5.74) is 19.4. The number of amides is 2. The number of azide groups is 2. The Morgan fingerprint density at radius 2 is 1.06 bits per heavy atom. The molecule has 0 saturated heterocycles. The molecule has 2 amide bonds. The van der Waals surface area contributed by atoms with Crippen LogP contribution in [-0.4, -0.2) is 81.5 Å². The quantitative estimate of drug-likeness (QED) is 0.0120. The number of unbranched alkanes of at least 4 members (excludes halogenated alkanes) is 2. The number of rotatable bonds is 31. The number of esters is 3. The van der Waals surface area contributed by atoms with Crippen molar-refractivity contribution in [3.05, 3.63) is 80.5 Å². The molecule has 0 spiro atoms. The van der Waals surface area contributed by atoms with Crippen molar-refractivity contribution in [2.45, 2.75) is 129 Å². The molecule has 0 aliphatic carbocycles. The first-order valence-electron chi connectivity index (χ1n) is 23.1. The fourth-order valence-corrected chi connectivity index (χ4v) is 10.9. The number of carboxylic acids is 1. The Labute approximate surface area is 433 Å². The van der Waals surface area contributed by atoms with Crippen molar-refractivity contribution in [1.82, 2.24) is 10.6 Å². The van der Waals surface area contributed by atoms with Crippen LogP contribution in [0.15, 0.2) is 58.8 Å². The number of benzene rings is 2. The van der Waals surface area contributed by atoms with Gasteiger partial charge in [0.1, 0.15) is 19.3 Å². The number of nitrogens with zero attached hydrogens (tertiary/aromatic N) is 7. The molecular formula is C48H69N9O10S4. The second-order valence-electron chi connectivity index (χ2n) is 18.3. The molecular weight excluding hydrogens is 991 g/mol. The fraction of sp³-hybridized carbons (Fsp3) is 0.604. The third-order valence-electron chi connectivity index (χ3n) is 9.55. The van der Waals surface area contributed by atoms with Crippen LogP contribution < -0.4 is 10.6 Å². The van der Waals surface area contributed by atoms with Crippen molar-refractivity contribution in [3.63, 3.8) is 0 Å². The van der Waals surface area contributed by atoms with Gasteiger partial charge in [0.05, 0.1) is 36.5 Å². The lowest BCUT2D eigenvalue weighted by atomic mass is 10.0. The molecule has 0 aliphatic heterocycles. The molecule has 23 heteroatoms. The van der Waals surface area contributed by atoms with Gasteiger partial charge in [0.25, 0.3) is 0 Å². The molecule has 0 unspecified atom stereocenters. The summed E-state index contributed by atoms with van der Waals surface area (Å²) in [6, 6.07) is 15.2. The summed E-state index contributed by atoms with van der Waals surface area (Å²) in [6.07, 6.45) is 3.85. The third-order valence-corrected chi connectivity index (χ3v) is 16.4. The van der Waals surface area contributed by atoms with E-state index < -0.39 is 41.6 Å². The molecule has 0 bridgehead atoms. The van der Waals surface area contributed by atoms with Gasteiger partial charge >= 0.3 is 23.9 Å². The van der Waals surface area contributed by atoms with Crippen LogP contribution in [0, 0.1) is 35.0 Å². The number of nitrogens with one attached hydrogen (secondary N) is 2. The zero-order valence-electron chi connectivity index (χ0n) is 41.9. The molecule has 0 saturated carbocycles. The van der Waals surface area contributed by atoms with Gasteiger partial charge in [0.15, 0.2) is 6.61 Å². The Kier molecular flexibility index (Phi) is 32.2. The van der Waals surface area contributed by atoms with E-state index in [1.807, 2.05) is 0 Å². The number of ether oxygens (including phenoxy) is 3. The average molecular weight is 1060 g/mol. The van der Waals surface area contributed by atoms with Gasteiger partial charge in [-0.05, 0) is 47.9 Å². The van der Waals surface area contributed by atoms with Gasteiger partial charge in [-0.2, -0.15) is 5.26 Å². The molecule has 390 valence electrons. The molecule has 2 aromatic carbocycles. The molecule has 4 atom stereocenters. The zero-order valence-corrected chi connectivity index (χ0v) is 45.2. The topological polar surface area (TPSA) is 296 Å². The molecule has 71 heavy (non-hydrogen) atoms. The number of hydrogen-bond acceptors (Lipinski definition) is 16. The predicted octanol–water partition coefficient (Wildman–Crippen LogP) is 11.7. The predicted molar refractivity (Wildman–Crippen MR) is 282 cm³/mol. The van der Waals surface area contributed by atoms with Gasteiger partial charge < -0.3 is 30.0 Å². The smallest absolute Gasteiger partial charge is 0.309 e. The first kappa shape index (κ1) is 63.8. The Morgan fingerprint density at radius 1 is 0.662 bits per heavy atom. The molecule has 0 aliphatic rings. The summed E-state index contributed by atoms with van der Waals surface area (Å²) in [4.78, 5) is 78.6. The summed E-state index contributed by atoms with van der Waals surface area (Å²) in [6.45, 7) is 16.6. The standard InChI is InChI=1S/C25H35N5O5S2.C23H34N4O5S2/c1-18(24(33)34-14-12-26)7-5-6-13-28-23(32)20(17-36-37-25(2,3)4)15-22(31)35-16-19-8-10-21(11-9-19)29-30-27;1-16(22(30)31)7-5-6-12-25-21(29)18(15-33-34-23(2,3)4)13-20(28)32-14-17-8-10-19(11-9-17)26-27-24/h8-11,18,20H,5-7,13-17H2,1-4H3,(H,28,32);8-11,16,18H,5-7,12-15H2,1-4H3,(H,25,29)(H,30,31)/t18-,20-;16-,18-/m00/s1. The van der Waals surface area contributed by atoms with Crippen molar-refractivity contribution >= 4 is 90.2 Å². The van der Waals surface area contributed by atoms with Crippen molar-refractivity contribution in [1.29, 1.82) is 5.26 Å². The third kappa shape index (κ3) is 32.4. The number of nitriles is 1. The number of hydrogen-bond donors (Lipinski definition) is 3. The van der Waals surface area contributed by atoms with E-state index in [2.05, 4.69) is 72.2 Å². The van der Waals surface area contributed by atoms with E-state index in [-0.39, 0.29) is 59.9 Å². The zero-order chi connectivity index (χ0) is 53.2. The molecule has 19 nitrogen and oxygen atoms in total. The van der Waals surface area contributed by atoms with Crippen LogP contribution in [0.4, 0.5) is 11.4 Å². The summed E-state index contributed by atoms with van der Waals surface area (Å²) in [5, 5.41) is 30.2. The summed E-state index contributed by atoms with van der Waals surface area (Å²) in [7, 11) is 6.41. The van der Waals surface area contributed by atoms with Gasteiger partial charge in [-0.25, -0.2) is 0 Å². The summed E-state index contributed by atoms with van der Waals surface area (Å²) in [5.74, 6) is -3.41. The Morgan fingerprint density at radius 3 is 1.41 bits per heavy atom. The molecule has 0 heterocycles. The SMILES string of the molecule is C[C@@H](CCCCNC(=O)[C@H](CSSC(C)(C)C)CC(=O)OCc1ccc(N=[N+]=[N-])cc1)C(=O)O.C[C@@H](CCCCNC(=O)[C@H](CSSC(C)(C)C)CC(=O)OCc1ccc(N=[N+]=[N-])cc1)C(=O)OCC#N. The lowest BCUT2D eigenvalue weighted by molar-refractivity contribution is -0.148. The van der Waals surface area contributed by atoms with Gasteiger partial charge in [-0.3, -0.25) is 28.8 Å². The van der Waals surface area contributed by atoms with Crippen LogP contribution in [0.5, 0.6) is 0 Å². The lowest BCUT2D eigenvalue weighted by Crippen LogP contribution is -2.34. The van der Waals surface area contributed by atoms with Crippen LogP contribution >= 0.6 is 43.2 Å². The van der Waals surface area contributed by atoms with Crippen LogP contribution in [0.2, 0.25) is 0 Å². The Bertz CT molecular complexity index is 2120. The highest BCUT2D eigenvalue weighted by atomic mass is 33.1. The highest BCUT2D eigenvalue weighted by molar-refractivity contribution is 8.77. The van der Waals surface area contributed by atoms with Gasteiger partial charge in [0.2, 0.25) is 11.8 Å². The summed E-state index contributed by atoms with van der Waals surface area (Å²) < 4.78 is 15.6. The number of carboxylic acid groups (broad SMARTS) is 1. The van der Waals surface area contributed by atoms with Crippen LogP contribution in [0.3, 0.4) is 0 Å². The summed E-state index contributed by atoms with van der Waals surface area (Å²) >= 11 is 0. The highest BCUT2D eigenvalue weighted by Gasteiger charge is 2.26. The molecule has 2 aromatic rings. The van der Waals surface area contributed by atoms with E-state index in [1.165, 1.54) is 0 Å². The van der Waals surface area contributed by atoms with Crippen LogP contribution in [0.25, 0.3) is 20.9 Å². The molecule has 0 aromatic heterocycles. The van der Waals surface area contributed by atoms with Gasteiger partial charge in [0, 0.05) is 55.3 Å². The molecule has 3 N–H and O–H groups in total. The maximum Gasteiger partial charge on any atom is 0.309 e. The molecule has 2 rings (SSSR count). The minimum absolute atomic E-state index is 0.0129. The van der Waals surface area contributed by atoms with Crippen LogP contribution in [-0.2, 0) is 56.2 Å². The normalized spacial score (nSPS) is 12.6. The molecule has 0 fully saturated rings. The van der Waals surface area contributed by atoms with E-state index in [1.54, 1.807) is 112 Å². The van der Waals surface area contributed by atoms with E-state index in [0.717, 1.165) is 11.1 Å². The monoisotopic (exact) mass is 1060 g/mol. The van der Waals surface area contributed by atoms with Crippen molar-refractivity contribution < 1.29 is 48.1 Å². The maximum absolute atomic E-state index is 12.8. The van der Waals surface area contributed by atoms with Crippen LogP contribution in [0.1, 0.15) is 118 Å². The fourth-order valence-electron chi connectivity index (χ4n) is 5.66. The molecule has 0 radical (unpaired) electrons. The van der Waals surface area contributed by atoms with E-state index in [0.29, 0.717) is 74.5 Å². The average Bonchev–Trinajstić information content (AvgIpc) is 3.31. The highest BCUT2D eigenvalue weighted by Crippen LogP contribution is 2.37. The van der Waals surface area contributed by atoms with E-state index in [9.17, 15) is 28.8 Å². The number of carbonyl (C=O) groups is 6. The van der Waals surface area contributed by atoms with Gasteiger partial charge in [-0.15, -0.1) is 0 Å². The first-order chi connectivity index (χ1) is 33.6. The lowest BCUT2D eigenvalue weighted by Gasteiger charge is -2.20. The van der Waals surface area contributed by atoms with Gasteiger partial charge in [-0.1, -0.05) is 170 Å². The maximum atomic E-state index is 12.8. The Balaban J connectivity index is 0.000000713. The first-order valence-corrected chi connectivity index (χ1v) is 27.7. The Hall–Kier alpha value is -5.23. The van der Waals surface area contributed by atoms with Crippen molar-refractivity contribution in [2.75, 3.05) is 31.2 Å². The second-order valence-corrected chi connectivity index (χ2v) is 24.6. The minimum atomic E-state index is -0.817. The van der Waals surface area contributed by atoms with Crippen molar-refractivity contribution in [2.24, 2.45) is 33.9 Å². The van der Waals surface area contributed by atoms with Crippen molar-refractivity contribution in [3.8, 4) is 6.07 Å². The van der Waals surface area contributed by atoms with E-state index >= 15 is 0 Å². The minimum Gasteiger partial charge on any atom is -0.481 e. The largest absolute Gasteiger partial charge is 0.481 e. The number of carbonyl (C=O) groups excluding carboxylic acids is 5. The number of aliphatic carboxylic acids is 1. The second kappa shape index (κ2) is 35.8. The van der Waals surface area contributed by atoms with E-state index in [4.69, 9.17) is 35.6 Å².